The summed E-state index contributed by atoms with van der Waals surface area (Å²) in [6, 6.07) is 10.4. The summed E-state index contributed by atoms with van der Waals surface area (Å²) in [5.74, 6) is -0.266. The number of aromatic amines is 1. The van der Waals surface area contributed by atoms with Crippen LogP contribution in [-0.2, 0) is 43.4 Å². The van der Waals surface area contributed by atoms with Gasteiger partial charge in [0.2, 0.25) is 29.5 Å². The standard InChI is InChI=1S/C41H53N9O7/c1-6-24(2)38-41(55)44-25(3)39-46-34(18-27-13-14-32(56-4)33(17-27)57-5)48-50(39)23-35(51)42-15-16-49(37(53)19-26-11-12-26)22-36(52)45-31(40(54)47-38)20-28-21-43-30-10-8-7-9-29(28)30/h7-10,13-14,17,21,24-26,31,38,43H,6,11-12,15-16,18-20,22-23H2,1-5H3,(H,42,51)(H,44,55)(H,45,52)(H,47,54)/t24-,25+,31+,38-/m0/s1. The number of ether oxygens (including phenoxy) is 2. The average Bonchev–Trinajstić information content (AvgIpc) is 3.79. The lowest BCUT2D eigenvalue weighted by Crippen LogP contribution is -2.57. The largest absolute Gasteiger partial charge is 0.493 e. The molecule has 1 aliphatic heterocycles. The van der Waals surface area contributed by atoms with E-state index in [1.807, 2.05) is 50.2 Å². The Morgan fingerprint density at radius 3 is 2.46 bits per heavy atom. The van der Waals surface area contributed by atoms with Crippen LogP contribution in [0, 0.1) is 11.8 Å². The second-order valence-electron chi connectivity index (χ2n) is 15.0. The van der Waals surface area contributed by atoms with Gasteiger partial charge in [0.15, 0.2) is 17.3 Å². The van der Waals surface area contributed by atoms with Crippen LogP contribution >= 0.6 is 0 Å². The number of benzene rings is 2. The summed E-state index contributed by atoms with van der Waals surface area (Å²) in [4.78, 5) is 78.4. The molecular formula is C41H53N9O7. The van der Waals surface area contributed by atoms with E-state index in [2.05, 4.69) is 31.3 Å². The summed E-state index contributed by atoms with van der Waals surface area (Å²) < 4.78 is 12.3. The number of carbonyl (C=O) groups excluding carboxylic acids is 5. The van der Waals surface area contributed by atoms with Gasteiger partial charge in [0.05, 0.1) is 26.8 Å². The highest BCUT2D eigenvalue weighted by Crippen LogP contribution is 2.33. The van der Waals surface area contributed by atoms with Crippen LogP contribution in [0.25, 0.3) is 10.9 Å². The van der Waals surface area contributed by atoms with E-state index in [0.29, 0.717) is 42.4 Å². The predicted octanol–water partition coefficient (Wildman–Crippen LogP) is 2.56. The number of amides is 5. The number of fused-ring (bicyclic) bond motifs is 2. The van der Waals surface area contributed by atoms with E-state index in [1.54, 1.807) is 33.4 Å². The minimum atomic E-state index is -1.07. The zero-order valence-electron chi connectivity index (χ0n) is 33.2. The maximum absolute atomic E-state index is 14.3. The first-order valence-corrected chi connectivity index (χ1v) is 19.6. The van der Waals surface area contributed by atoms with Crippen molar-refractivity contribution in [2.75, 3.05) is 33.9 Å². The molecule has 2 aliphatic rings. The zero-order valence-corrected chi connectivity index (χ0v) is 33.2. The molecule has 0 saturated heterocycles. The van der Waals surface area contributed by atoms with Crippen LogP contribution in [0.3, 0.4) is 0 Å². The monoisotopic (exact) mass is 783 g/mol. The number of hydrogen-bond acceptors (Lipinski definition) is 9. The molecule has 0 bridgehead atoms. The van der Waals surface area contributed by atoms with Crippen molar-refractivity contribution in [3.8, 4) is 11.5 Å². The molecule has 2 aromatic heterocycles. The molecule has 16 heteroatoms. The van der Waals surface area contributed by atoms with Gasteiger partial charge in [-0.25, -0.2) is 9.67 Å². The third kappa shape index (κ3) is 10.3. The first-order valence-electron chi connectivity index (χ1n) is 19.6. The maximum Gasteiger partial charge on any atom is 0.243 e. The SMILES string of the molecule is CC[C@H](C)[C@@H]1NC(=O)[C@@H](Cc2c[nH]c3ccccc23)NC(=O)CN(C(=O)CC2CC2)CCNC(=O)Cn2nc(Cc3ccc(OC)c(OC)c3)nc2[C@@H](C)NC1=O. The number of nitrogens with zero attached hydrogens (tertiary/aromatic N) is 4. The van der Waals surface area contributed by atoms with Crippen molar-refractivity contribution < 1.29 is 33.4 Å². The molecule has 3 heterocycles. The van der Waals surface area contributed by atoms with Gasteiger partial charge in [-0.3, -0.25) is 24.0 Å². The predicted molar refractivity (Wildman–Crippen MR) is 211 cm³/mol. The molecule has 4 atom stereocenters. The van der Waals surface area contributed by atoms with Gasteiger partial charge in [-0.2, -0.15) is 5.10 Å². The minimum Gasteiger partial charge on any atom is -0.493 e. The molecule has 5 N–H and O–H groups in total. The summed E-state index contributed by atoms with van der Waals surface area (Å²) in [7, 11) is 3.11. The lowest BCUT2D eigenvalue weighted by molar-refractivity contribution is -0.138. The lowest BCUT2D eigenvalue weighted by atomic mass is 9.96. The Kier molecular flexibility index (Phi) is 13.1. The van der Waals surface area contributed by atoms with Gasteiger partial charge in [-0.15, -0.1) is 0 Å². The van der Waals surface area contributed by atoms with Crippen LogP contribution in [-0.4, -0.2) is 100 Å². The summed E-state index contributed by atoms with van der Waals surface area (Å²) in [5.41, 5.74) is 2.52. The second-order valence-corrected chi connectivity index (χ2v) is 15.0. The zero-order chi connectivity index (χ0) is 40.6. The lowest BCUT2D eigenvalue weighted by Gasteiger charge is -2.28. The van der Waals surface area contributed by atoms with E-state index < -0.39 is 35.8 Å². The van der Waals surface area contributed by atoms with Gasteiger partial charge >= 0.3 is 0 Å². The average molecular weight is 784 g/mol. The molecular weight excluding hydrogens is 731 g/mol. The number of hydrogen-bond donors (Lipinski definition) is 5. The van der Waals surface area contributed by atoms with E-state index >= 15 is 0 Å². The maximum atomic E-state index is 14.3. The number of para-hydroxylation sites is 1. The third-order valence-corrected chi connectivity index (χ3v) is 10.7. The van der Waals surface area contributed by atoms with Crippen molar-refractivity contribution in [1.82, 2.24) is 45.9 Å². The van der Waals surface area contributed by atoms with Crippen molar-refractivity contribution in [2.45, 2.75) is 84.0 Å². The molecule has 5 amide bonds. The molecule has 57 heavy (non-hydrogen) atoms. The fourth-order valence-electron chi connectivity index (χ4n) is 7.07. The number of H-pyrrole nitrogens is 1. The van der Waals surface area contributed by atoms with Gasteiger partial charge < -0.3 is 40.6 Å². The van der Waals surface area contributed by atoms with E-state index in [1.165, 1.54) is 9.58 Å². The van der Waals surface area contributed by atoms with E-state index in [9.17, 15) is 24.0 Å². The van der Waals surface area contributed by atoms with Crippen molar-refractivity contribution in [1.29, 1.82) is 0 Å². The summed E-state index contributed by atoms with van der Waals surface area (Å²) in [6.45, 7) is 5.17. The van der Waals surface area contributed by atoms with Gasteiger partial charge in [-0.05, 0) is 60.9 Å². The molecule has 0 unspecified atom stereocenters. The molecule has 4 aromatic rings. The quantitative estimate of drug-likeness (QED) is 0.160. The highest BCUT2D eigenvalue weighted by Gasteiger charge is 2.33. The van der Waals surface area contributed by atoms with Crippen molar-refractivity contribution in [3.05, 3.63) is 71.4 Å². The summed E-state index contributed by atoms with van der Waals surface area (Å²) in [5, 5.41) is 17.3. The number of nitrogens with one attached hydrogen (secondary N) is 5. The first-order chi connectivity index (χ1) is 27.5. The van der Waals surface area contributed by atoms with Crippen LogP contribution in [0.15, 0.2) is 48.7 Å². The molecule has 0 spiro atoms. The highest BCUT2D eigenvalue weighted by molar-refractivity contribution is 5.94. The second kappa shape index (κ2) is 18.3. The Morgan fingerprint density at radius 1 is 0.947 bits per heavy atom. The Labute approximate surface area is 331 Å². The van der Waals surface area contributed by atoms with Crippen molar-refractivity contribution in [3.63, 3.8) is 0 Å². The molecule has 6 rings (SSSR count). The molecule has 0 radical (unpaired) electrons. The van der Waals surface area contributed by atoms with Crippen LogP contribution in [0.1, 0.15) is 75.3 Å². The number of carbonyl (C=O) groups is 5. The van der Waals surface area contributed by atoms with Gasteiger partial charge in [0, 0.05) is 49.5 Å². The Hall–Kier alpha value is -5.93. The van der Waals surface area contributed by atoms with Crippen LogP contribution in [0.2, 0.25) is 0 Å². The third-order valence-electron chi connectivity index (χ3n) is 10.7. The van der Waals surface area contributed by atoms with E-state index in [4.69, 9.17) is 14.5 Å². The molecule has 1 aliphatic carbocycles. The topological polar surface area (TPSA) is 202 Å². The number of aromatic nitrogens is 4. The molecule has 1 saturated carbocycles. The van der Waals surface area contributed by atoms with Crippen LogP contribution in [0.4, 0.5) is 0 Å². The number of methoxy groups -OCH3 is 2. The van der Waals surface area contributed by atoms with Crippen LogP contribution in [0.5, 0.6) is 11.5 Å². The van der Waals surface area contributed by atoms with E-state index in [-0.39, 0.29) is 56.3 Å². The van der Waals surface area contributed by atoms with Crippen molar-refractivity contribution >= 4 is 40.4 Å². The normalized spacial score (nSPS) is 20.6. The van der Waals surface area contributed by atoms with Crippen LogP contribution < -0.4 is 30.7 Å². The molecule has 1 fully saturated rings. The Bertz CT molecular complexity index is 2090. The molecule has 2 aromatic carbocycles. The fourth-order valence-corrected chi connectivity index (χ4v) is 7.07. The van der Waals surface area contributed by atoms with Gasteiger partial charge in [0.25, 0.3) is 0 Å². The number of rotatable bonds is 10. The van der Waals surface area contributed by atoms with Gasteiger partial charge in [-0.1, -0.05) is 44.5 Å². The molecule has 16 nitrogen and oxygen atoms in total. The summed E-state index contributed by atoms with van der Waals surface area (Å²) >= 11 is 0. The van der Waals surface area contributed by atoms with Gasteiger partial charge in [0.1, 0.15) is 24.5 Å². The Balaban J connectivity index is 1.32. The Morgan fingerprint density at radius 2 is 1.72 bits per heavy atom. The minimum absolute atomic E-state index is 0.0766. The van der Waals surface area contributed by atoms with E-state index in [0.717, 1.165) is 34.9 Å². The molecule has 304 valence electrons. The fraction of sp³-hybridized carbons (Fsp3) is 0.488. The smallest absolute Gasteiger partial charge is 0.243 e. The summed E-state index contributed by atoms with van der Waals surface area (Å²) in [6.07, 6.45) is 5.00. The van der Waals surface area contributed by atoms with Crippen molar-refractivity contribution in [2.24, 2.45) is 11.8 Å². The highest BCUT2D eigenvalue weighted by atomic mass is 16.5. The first kappa shape index (κ1) is 40.7.